The van der Waals surface area contributed by atoms with Crippen molar-refractivity contribution in [3.63, 3.8) is 0 Å². The second-order valence-electron chi connectivity index (χ2n) is 7.05. The van der Waals surface area contributed by atoms with Crippen LogP contribution >= 0.6 is 0 Å². The zero-order valence-electron chi connectivity index (χ0n) is 15.6. The van der Waals surface area contributed by atoms with Crippen molar-refractivity contribution < 1.29 is 14.0 Å². The minimum atomic E-state index is -0.300. The summed E-state index contributed by atoms with van der Waals surface area (Å²) in [4.78, 5) is 26.3. The first-order valence-corrected chi connectivity index (χ1v) is 9.45. The number of rotatable bonds is 8. The molecule has 1 fully saturated rings. The van der Waals surface area contributed by atoms with Gasteiger partial charge in [0, 0.05) is 18.7 Å². The van der Waals surface area contributed by atoms with Crippen LogP contribution in [0.3, 0.4) is 0 Å². The van der Waals surface area contributed by atoms with E-state index in [-0.39, 0.29) is 17.6 Å². The summed E-state index contributed by atoms with van der Waals surface area (Å²) in [5.74, 6) is 0.334. The number of carbonyl (C=O) groups is 2. The molecule has 2 amide bonds. The van der Waals surface area contributed by atoms with Gasteiger partial charge in [0.1, 0.15) is 5.82 Å². The molecule has 5 heteroatoms. The number of hydrogen-bond acceptors (Lipinski definition) is 2. The van der Waals surface area contributed by atoms with E-state index < -0.39 is 0 Å². The zero-order valence-corrected chi connectivity index (χ0v) is 15.6. The van der Waals surface area contributed by atoms with E-state index >= 15 is 0 Å². The quantitative estimate of drug-likeness (QED) is 0.770. The minimum absolute atomic E-state index is 0.00551. The molecule has 4 nitrogen and oxygen atoms in total. The van der Waals surface area contributed by atoms with Crippen molar-refractivity contribution >= 4 is 17.5 Å². The molecule has 1 aliphatic carbocycles. The number of carbonyl (C=O) groups excluding carboxylic acids is 2. The Kier molecular flexibility index (Phi) is 6.22. The Balaban J connectivity index is 1.72. The van der Waals surface area contributed by atoms with E-state index in [4.69, 9.17) is 0 Å². The number of hydrogen-bond donors (Lipinski definition) is 1. The van der Waals surface area contributed by atoms with Crippen LogP contribution in [-0.4, -0.2) is 18.4 Å². The smallest absolute Gasteiger partial charge is 0.227 e. The highest BCUT2D eigenvalue weighted by Crippen LogP contribution is 2.27. The van der Waals surface area contributed by atoms with Gasteiger partial charge < -0.3 is 10.2 Å². The lowest BCUT2D eigenvalue weighted by Gasteiger charge is -2.23. The summed E-state index contributed by atoms with van der Waals surface area (Å²) >= 11 is 0. The SMILES string of the molecule is CCC(=O)N(Cc1ccc(F)cc1)c1cccc(CC(=O)NCC2CC2)c1. The Morgan fingerprint density at radius 2 is 1.85 bits per heavy atom. The second kappa shape index (κ2) is 8.80. The van der Waals surface area contributed by atoms with Crippen LogP contribution in [0.25, 0.3) is 0 Å². The maximum Gasteiger partial charge on any atom is 0.227 e. The average molecular weight is 368 g/mol. The Morgan fingerprint density at radius 1 is 1.11 bits per heavy atom. The third-order valence-corrected chi connectivity index (χ3v) is 4.73. The zero-order chi connectivity index (χ0) is 19.2. The highest BCUT2D eigenvalue weighted by atomic mass is 19.1. The lowest BCUT2D eigenvalue weighted by atomic mass is 10.1. The fourth-order valence-corrected chi connectivity index (χ4v) is 2.95. The summed E-state index contributed by atoms with van der Waals surface area (Å²) in [6, 6.07) is 13.7. The van der Waals surface area contributed by atoms with Gasteiger partial charge in [-0.05, 0) is 54.2 Å². The monoisotopic (exact) mass is 368 g/mol. The molecule has 0 spiro atoms. The molecule has 0 aromatic heterocycles. The number of nitrogens with zero attached hydrogens (tertiary/aromatic N) is 1. The summed E-state index contributed by atoms with van der Waals surface area (Å²) in [6.45, 7) is 2.93. The normalized spacial score (nSPS) is 13.3. The molecule has 0 unspecified atom stereocenters. The summed E-state index contributed by atoms with van der Waals surface area (Å²) in [5, 5.41) is 2.97. The molecule has 1 saturated carbocycles. The molecule has 0 radical (unpaired) electrons. The summed E-state index contributed by atoms with van der Waals surface area (Å²) in [5.41, 5.74) is 2.47. The van der Waals surface area contributed by atoms with Gasteiger partial charge in [-0.2, -0.15) is 0 Å². The van der Waals surface area contributed by atoms with E-state index in [1.807, 2.05) is 31.2 Å². The molecular weight excluding hydrogens is 343 g/mol. The van der Waals surface area contributed by atoms with Crippen molar-refractivity contribution in [2.45, 2.75) is 39.2 Å². The first-order chi connectivity index (χ1) is 13.0. The van der Waals surface area contributed by atoms with Gasteiger partial charge in [-0.3, -0.25) is 9.59 Å². The van der Waals surface area contributed by atoms with E-state index in [9.17, 15) is 14.0 Å². The van der Waals surface area contributed by atoms with Crippen LogP contribution < -0.4 is 10.2 Å². The van der Waals surface area contributed by atoms with Crippen LogP contribution in [0.4, 0.5) is 10.1 Å². The Morgan fingerprint density at radius 3 is 2.52 bits per heavy atom. The Labute approximate surface area is 159 Å². The van der Waals surface area contributed by atoms with E-state index in [0.717, 1.165) is 23.4 Å². The molecular formula is C22H25FN2O2. The highest BCUT2D eigenvalue weighted by Gasteiger charge is 2.21. The highest BCUT2D eigenvalue weighted by molar-refractivity contribution is 5.93. The number of amides is 2. The van der Waals surface area contributed by atoms with E-state index in [0.29, 0.717) is 25.3 Å². The van der Waals surface area contributed by atoms with Crippen molar-refractivity contribution in [1.29, 1.82) is 0 Å². The van der Waals surface area contributed by atoms with Crippen LogP contribution in [0.15, 0.2) is 48.5 Å². The molecule has 2 aromatic rings. The number of halogens is 1. The second-order valence-corrected chi connectivity index (χ2v) is 7.05. The van der Waals surface area contributed by atoms with Crippen LogP contribution in [0.1, 0.15) is 37.3 Å². The topological polar surface area (TPSA) is 49.4 Å². The molecule has 0 saturated heterocycles. The molecule has 0 bridgehead atoms. The van der Waals surface area contributed by atoms with Crippen molar-refractivity contribution in [3.05, 3.63) is 65.5 Å². The van der Waals surface area contributed by atoms with Gasteiger partial charge in [-0.25, -0.2) is 4.39 Å². The maximum absolute atomic E-state index is 13.1. The summed E-state index contributed by atoms with van der Waals surface area (Å²) in [7, 11) is 0. The fraction of sp³-hybridized carbons (Fsp3) is 0.364. The average Bonchev–Trinajstić information content (AvgIpc) is 3.50. The van der Waals surface area contributed by atoms with Gasteiger partial charge in [-0.15, -0.1) is 0 Å². The lowest BCUT2D eigenvalue weighted by molar-refractivity contribution is -0.120. The van der Waals surface area contributed by atoms with Crippen LogP contribution in [0.5, 0.6) is 0 Å². The first kappa shape index (κ1) is 19.1. The van der Waals surface area contributed by atoms with Crippen molar-refractivity contribution in [1.82, 2.24) is 5.32 Å². The molecule has 142 valence electrons. The predicted molar refractivity (Wildman–Crippen MR) is 104 cm³/mol. The third-order valence-electron chi connectivity index (χ3n) is 4.73. The van der Waals surface area contributed by atoms with Crippen LogP contribution in [0.2, 0.25) is 0 Å². The van der Waals surface area contributed by atoms with Gasteiger partial charge in [0.2, 0.25) is 11.8 Å². The third kappa shape index (κ3) is 5.64. The first-order valence-electron chi connectivity index (χ1n) is 9.45. The largest absolute Gasteiger partial charge is 0.356 e. The number of benzene rings is 2. The molecule has 2 aromatic carbocycles. The Hall–Kier alpha value is -2.69. The minimum Gasteiger partial charge on any atom is -0.356 e. The molecule has 0 aliphatic heterocycles. The van der Waals surface area contributed by atoms with Crippen LogP contribution in [-0.2, 0) is 22.6 Å². The van der Waals surface area contributed by atoms with E-state index in [1.54, 1.807) is 17.0 Å². The van der Waals surface area contributed by atoms with Gasteiger partial charge in [-0.1, -0.05) is 31.2 Å². The van der Waals surface area contributed by atoms with Crippen molar-refractivity contribution in [2.24, 2.45) is 5.92 Å². The number of anilines is 1. The van der Waals surface area contributed by atoms with Gasteiger partial charge in [0.15, 0.2) is 0 Å². The van der Waals surface area contributed by atoms with E-state index in [2.05, 4.69) is 5.32 Å². The van der Waals surface area contributed by atoms with Crippen molar-refractivity contribution in [3.8, 4) is 0 Å². The molecule has 1 aliphatic rings. The summed E-state index contributed by atoms with van der Waals surface area (Å²) < 4.78 is 13.1. The lowest BCUT2D eigenvalue weighted by Crippen LogP contribution is -2.30. The molecule has 27 heavy (non-hydrogen) atoms. The summed E-state index contributed by atoms with van der Waals surface area (Å²) in [6.07, 6.45) is 3.07. The molecule has 3 rings (SSSR count). The van der Waals surface area contributed by atoms with Gasteiger partial charge >= 0.3 is 0 Å². The van der Waals surface area contributed by atoms with Gasteiger partial charge in [0.25, 0.3) is 0 Å². The predicted octanol–water partition coefficient (Wildman–Crippen LogP) is 3.84. The Bertz CT molecular complexity index is 800. The standard InChI is InChI=1S/C22H25FN2O2/c1-2-22(27)25(15-17-8-10-19(23)11-9-17)20-5-3-4-18(12-20)13-21(26)24-14-16-6-7-16/h3-5,8-12,16H,2,6-7,13-15H2,1H3,(H,24,26). The van der Waals surface area contributed by atoms with Crippen molar-refractivity contribution in [2.75, 3.05) is 11.4 Å². The van der Waals surface area contributed by atoms with E-state index in [1.165, 1.54) is 25.0 Å². The number of nitrogens with one attached hydrogen (secondary N) is 1. The van der Waals surface area contributed by atoms with Crippen LogP contribution in [0, 0.1) is 11.7 Å². The molecule has 1 N–H and O–H groups in total. The molecule has 0 heterocycles. The molecule has 0 atom stereocenters. The maximum atomic E-state index is 13.1. The van der Waals surface area contributed by atoms with Gasteiger partial charge in [0.05, 0.1) is 13.0 Å². The fourth-order valence-electron chi connectivity index (χ4n) is 2.95.